The summed E-state index contributed by atoms with van der Waals surface area (Å²) in [5.41, 5.74) is 4.20. The number of hydrogen-bond donors (Lipinski definition) is 0. The molecule has 154 valence electrons. The second-order valence-electron chi connectivity index (χ2n) is 10.2. The summed E-state index contributed by atoms with van der Waals surface area (Å²) in [6, 6.07) is 10.0. The summed E-state index contributed by atoms with van der Waals surface area (Å²) in [4.78, 5) is 0. The van der Waals surface area contributed by atoms with Crippen molar-refractivity contribution in [1.29, 1.82) is 0 Å². The van der Waals surface area contributed by atoms with Gasteiger partial charge in [0.15, 0.2) is 0 Å². The SMILES string of the molecule is CCC1CC2C(CC)CC1P2c1ccccc1P1C2CC(CC)C1CC2CC. The predicted octanol–water partition coefficient (Wildman–Crippen LogP) is 7.10. The molecule has 4 aliphatic rings. The molecule has 28 heavy (non-hydrogen) atoms. The minimum absolute atomic E-state index is 0.0901. The quantitative estimate of drug-likeness (QED) is 0.436. The van der Waals surface area contributed by atoms with E-state index < -0.39 is 0 Å². The molecule has 0 aliphatic carbocycles. The summed E-state index contributed by atoms with van der Waals surface area (Å²) >= 11 is 0. The van der Waals surface area contributed by atoms with Crippen molar-refractivity contribution >= 4 is 26.5 Å². The van der Waals surface area contributed by atoms with Crippen molar-refractivity contribution < 1.29 is 0 Å². The van der Waals surface area contributed by atoms with Gasteiger partial charge in [0.25, 0.3) is 0 Å². The van der Waals surface area contributed by atoms with E-state index >= 15 is 0 Å². The van der Waals surface area contributed by atoms with Gasteiger partial charge in [-0.1, -0.05) is 93.5 Å². The van der Waals surface area contributed by atoms with Gasteiger partial charge in [-0.3, -0.25) is 0 Å². The Labute approximate surface area is 176 Å². The van der Waals surface area contributed by atoms with Crippen LogP contribution in [0.3, 0.4) is 0 Å². The summed E-state index contributed by atoms with van der Waals surface area (Å²) < 4.78 is 0. The number of benzene rings is 1. The molecule has 1 aromatic carbocycles. The highest BCUT2D eigenvalue weighted by atomic mass is 31.1. The number of fused-ring (bicyclic) bond motifs is 4. The summed E-state index contributed by atoms with van der Waals surface area (Å²) in [5, 5.41) is 3.82. The Morgan fingerprint density at radius 3 is 1.11 bits per heavy atom. The van der Waals surface area contributed by atoms with Crippen LogP contribution >= 0.6 is 15.8 Å². The second-order valence-corrected chi connectivity index (χ2v) is 15.4. The Morgan fingerprint density at radius 2 is 0.857 bits per heavy atom. The largest absolute Gasteiger partial charge is 0.0677 e. The van der Waals surface area contributed by atoms with Gasteiger partial charge in [0.05, 0.1) is 0 Å². The Morgan fingerprint density at radius 1 is 0.571 bits per heavy atom. The average molecular weight is 415 g/mol. The molecule has 0 radical (unpaired) electrons. The monoisotopic (exact) mass is 414 g/mol. The van der Waals surface area contributed by atoms with Crippen molar-refractivity contribution in [2.45, 2.75) is 102 Å². The van der Waals surface area contributed by atoms with Crippen LogP contribution in [0, 0.1) is 23.7 Å². The van der Waals surface area contributed by atoms with Gasteiger partial charge in [-0.15, -0.1) is 0 Å². The summed E-state index contributed by atoms with van der Waals surface area (Å²) in [6.45, 7) is 9.85. The van der Waals surface area contributed by atoms with Crippen LogP contribution in [0.15, 0.2) is 24.3 Å². The first-order valence-electron chi connectivity index (χ1n) is 12.4. The zero-order valence-corrected chi connectivity index (χ0v) is 20.3. The lowest BCUT2D eigenvalue weighted by molar-refractivity contribution is 0.316. The van der Waals surface area contributed by atoms with E-state index in [0.29, 0.717) is 0 Å². The Bertz CT molecular complexity index is 604. The van der Waals surface area contributed by atoms with Crippen molar-refractivity contribution in [2.24, 2.45) is 23.7 Å². The van der Waals surface area contributed by atoms with Gasteiger partial charge in [0, 0.05) is 0 Å². The molecule has 4 fully saturated rings. The normalized spacial score (nSPS) is 46.6. The minimum Gasteiger partial charge on any atom is -0.0677 e. The third kappa shape index (κ3) is 2.91. The molecular formula is C26H40P2. The summed E-state index contributed by atoms with van der Waals surface area (Å²) in [6.07, 6.45) is 11.9. The van der Waals surface area contributed by atoms with Gasteiger partial charge in [-0.25, -0.2) is 0 Å². The lowest BCUT2D eigenvalue weighted by Gasteiger charge is -2.28. The fraction of sp³-hybridized carbons (Fsp3) is 0.769. The lowest BCUT2D eigenvalue weighted by Crippen LogP contribution is -2.27. The van der Waals surface area contributed by atoms with E-state index in [9.17, 15) is 0 Å². The third-order valence-corrected chi connectivity index (χ3v) is 16.8. The zero-order chi connectivity index (χ0) is 19.4. The standard InChI is InChI=1S/C26H40P2/c1-5-17-13-24-18(6-2)14-23(17)27(24)21-11-9-10-12-22(21)28-25-16-20(8-4)26(28)15-19(25)7-3/h9-12,17-20,23-26H,5-8,13-16H2,1-4H3. The predicted molar refractivity (Wildman–Crippen MR) is 128 cm³/mol. The van der Waals surface area contributed by atoms with Crippen LogP contribution in [0.1, 0.15) is 79.1 Å². The first kappa shape index (κ1) is 20.0. The van der Waals surface area contributed by atoms with Crippen molar-refractivity contribution in [2.75, 3.05) is 0 Å². The molecule has 0 N–H and O–H groups in total. The minimum atomic E-state index is 0.0901. The molecule has 8 unspecified atom stereocenters. The highest BCUT2D eigenvalue weighted by molar-refractivity contribution is 7.74. The van der Waals surface area contributed by atoms with Crippen LogP contribution in [0.2, 0.25) is 0 Å². The van der Waals surface area contributed by atoms with Gasteiger partial charge in [0.1, 0.15) is 0 Å². The maximum absolute atomic E-state index is 2.62. The van der Waals surface area contributed by atoms with Crippen LogP contribution in [-0.4, -0.2) is 22.6 Å². The van der Waals surface area contributed by atoms with Crippen LogP contribution < -0.4 is 10.6 Å². The Kier molecular flexibility index (Phi) is 5.69. The van der Waals surface area contributed by atoms with Gasteiger partial charge in [-0.05, 0) is 82.6 Å². The van der Waals surface area contributed by atoms with Gasteiger partial charge in [0.2, 0.25) is 0 Å². The van der Waals surface area contributed by atoms with Crippen molar-refractivity contribution in [3.8, 4) is 0 Å². The van der Waals surface area contributed by atoms with E-state index in [1.54, 1.807) is 25.7 Å². The molecule has 4 saturated heterocycles. The molecule has 1 aromatic rings. The summed E-state index contributed by atoms with van der Waals surface area (Å²) in [5.74, 6) is 4.14. The molecular weight excluding hydrogens is 374 g/mol. The molecule has 0 spiro atoms. The Balaban J connectivity index is 1.52. The second kappa shape index (κ2) is 7.97. The van der Waals surface area contributed by atoms with Crippen molar-refractivity contribution in [3.05, 3.63) is 24.3 Å². The molecule has 0 aromatic heterocycles. The molecule has 5 rings (SSSR count). The molecule has 0 nitrogen and oxygen atoms in total. The van der Waals surface area contributed by atoms with E-state index in [1.807, 2.05) is 10.6 Å². The van der Waals surface area contributed by atoms with E-state index in [0.717, 1.165) is 46.3 Å². The molecule has 0 amide bonds. The molecule has 8 atom stereocenters. The molecule has 4 bridgehead atoms. The Hall–Kier alpha value is 0.0800. The van der Waals surface area contributed by atoms with Crippen molar-refractivity contribution in [1.82, 2.24) is 0 Å². The van der Waals surface area contributed by atoms with E-state index in [-0.39, 0.29) is 15.8 Å². The van der Waals surface area contributed by atoms with E-state index in [2.05, 4.69) is 52.0 Å². The lowest BCUT2D eigenvalue weighted by atomic mass is 9.80. The van der Waals surface area contributed by atoms with Gasteiger partial charge >= 0.3 is 0 Å². The van der Waals surface area contributed by atoms with Gasteiger partial charge in [-0.2, -0.15) is 0 Å². The number of hydrogen-bond acceptors (Lipinski definition) is 0. The van der Waals surface area contributed by atoms with Crippen LogP contribution in [0.5, 0.6) is 0 Å². The first-order chi connectivity index (χ1) is 13.7. The van der Waals surface area contributed by atoms with Gasteiger partial charge < -0.3 is 0 Å². The zero-order valence-electron chi connectivity index (χ0n) is 18.5. The fourth-order valence-corrected chi connectivity index (χ4v) is 17.3. The van der Waals surface area contributed by atoms with Crippen LogP contribution in [0.25, 0.3) is 0 Å². The van der Waals surface area contributed by atoms with Crippen LogP contribution in [-0.2, 0) is 0 Å². The van der Waals surface area contributed by atoms with Crippen LogP contribution in [0.4, 0.5) is 0 Å². The highest BCUT2D eigenvalue weighted by Crippen LogP contribution is 2.72. The van der Waals surface area contributed by atoms with E-state index in [4.69, 9.17) is 0 Å². The number of rotatable bonds is 6. The van der Waals surface area contributed by atoms with E-state index in [1.165, 1.54) is 25.7 Å². The fourth-order valence-electron chi connectivity index (χ4n) is 7.86. The maximum atomic E-state index is 2.62. The molecule has 2 heteroatoms. The average Bonchev–Trinajstić information content (AvgIpc) is 3.48. The molecule has 4 aliphatic heterocycles. The van der Waals surface area contributed by atoms with Crippen molar-refractivity contribution in [3.63, 3.8) is 0 Å². The first-order valence-corrected chi connectivity index (χ1v) is 15.3. The smallest absolute Gasteiger partial charge is 0.0135 e. The third-order valence-electron chi connectivity index (χ3n) is 9.32. The topological polar surface area (TPSA) is 0 Å². The highest BCUT2D eigenvalue weighted by Gasteiger charge is 2.55. The summed E-state index contributed by atoms with van der Waals surface area (Å²) in [7, 11) is 0.180. The maximum Gasteiger partial charge on any atom is -0.0135 e. The molecule has 0 saturated carbocycles. The molecule has 4 heterocycles.